The number of methoxy groups -OCH3 is 4. The van der Waals surface area contributed by atoms with Crippen molar-refractivity contribution in [3.05, 3.63) is 106 Å². The monoisotopic (exact) mass is 852 g/mol. The Labute approximate surface area is 361 Å². The predicted molar refractivity (Wildman–Crippen MR) is 236 cm³/mol. The molecule has 4 amide bonds. The minimum atomic E-state index is -0.761. The van der Waals surface area contributed by atoms with Gasteiger partial charge >= 0.3 is 12.1 Å². The summed E-state index contributed by atoms with van der Waals surface area (Å²) >= 11 is 0. The molecule has 0 bridgehead atoms. The van der Waals surface area contributed by atoms with Gasteiger partial charge in [0.1, 0.15) is 12.3 Å². The Balaban J connectivity index is 0.000000186. The van der Waals surface area contributed by atoms with Crippen LogP contribution in [0.1, 0.15) is 47.2 Å². The second kappa shape index (κ2) is 18.6. The van der Waals surface area contributed by atoms with Crippen LogP contribution in [0.4, 0.5) is 29.7 Å². The molecule has 62 heavy (non-hydrogen) atoms. The number of urea groups is 2. The maximum absolute atomic E-state index is 13.2. The van der Waals surface area contributed by atoms with Gasteiger partial charge in [0.2, 0.25) is 0 Å². The molecule has 8 rings (SSSR count). The van der Waals surface area contributed by atoms with Gasteiger partial charge in [-0.25, -0.2) is 28.4 Å². The van der Waals surface area contributed by atoms with Crippen LogP contribution in [0.3, 0.4) is 0 Å². The van der Waals surface area contributed by atoms with Crippen LogP contribution in [0.5, 0.6) is 23.0 Å². The topological polar surface area (TPSA) is 133 Å². The van der Waals surface area contributed by atoms with Gasteiger partial charge in [-0.1, -0.05) is 24.3 Å². The number of hydrogen-bond acceptors (Lipinski definition) is 10. The maximum Gasteiger partial charge on any atom is 0.337 e. The first-order chi connectivity index (χ1) is 29.9. The largest absolute Gasteiger partial charge is 0.493 e. The quantitative estimate of drug-likeness (QED) is 0.208. The first-order valence-corrected chi connectivity index (χ1v) is 20.6. The molecule has 1 unspecified atom stereocenters. The Morgan fingerprint density at radius 1 is 0.565 bits per heavy atom. The van der Waals surface area contributed by atoms with Crippen molar-refractivity contribution in [2.24, 2.45) is 10.2 Å². The number of benzene rings is 4. The summed E-state index contributed by atoms with van der Waals surface area (Å²) in [5.74, 6) is 2.47. The summed E-state index contributed by atoms with van der Waals surface area (Å²) in [6.45, 7) is 5.60. The highest BCUT2D eigenvalue weighted by atomic mass is 19.1. The smallest absolute Gasteiger partial charge is 0.337 e. The average Bonchev–Trinajstić information content (AvgIpc) is 3.51. The van der Waals surface area contributed by atoms with Gasteiger partial charge in [0.05, 0.1) is 78.1 Å². The fourth-order valence-electron chi connectivity index (χ4n) is 8.03. The third kappa shape index (κ3) is 8.76. The summed E-state index contributed by atoms with van der Waals surface area (Å²) in [6, 6.07) is 22.5. The number of halogens is 2. The zero-order valence-corrected chi connectivity index (χ0v) is 36.4. The van der Waals surface area contributed by atoms with E-state index in [2.05, 4.69) is 10.6 Å². The van der Waals surface area contributed by atoms with Crippen molar-refractivity contribution >= 4 is 34.9 Å². The number of ether oxygens (including phenoxy) is 4. The van der Waals surface area contributed by atoms with Crippen LogP contribution < -0.4 is 39.4 Å². The normalized spacial score (nSPS) is 18.5. The molecule has 4 aliphatic rings. The summed E-state index contributed by atoms with van der Waals surface area (Å²) in [5, 5.41) is 17.8. The van der Waals surface area contributed by atoms with E-state index in [1.807, 2.05) is 96.4 Å². The van der Waals surface area contributed by atoms with E-state index >= 15 is 0 Å². The average molecular weight is 853 g/mol. The van der Waals surface area contributed by atoms with Crippen molar-refractivity contribution in [2.75, 3.05) is 78.5 Å². The van der Waals surface area contributed by atoms with E-state index < -0.39 is 12.3 Å². The first-order valence-electron chi connectivity index (χ1n) is 20.6. The Morgan fingerprint density at radius 2 is 0.887 bits per heavy atom. The number of rotatable bonds is 8. The highest BCUT2D eigenvalue weighted by Crippen LogP contribution is 2.37. The number of nitrogens with one attached hydrogen (secondary N) is 2. The molecule has 0 aliphatic carbocycles. The Kier molecular flexibility index (Phi) is 13.0. The number of alkyl halides is 2. The van der Waals surface area contributed by atoms with Gasteiger partial charge in [0.25, 0.3) is 0 Å². The number of anilines is 2. The van der Waals surface area contributed by atoms with Crippen molar-refractivity contribution in [3.8, 4) is 23.0 Å². The molecule has 2 atom stereocenters. The summed E-state index contributed by atoms with van der Waals surface area (Å²) in [4.78, 5) is 29.1. The van der Waals surface area contributed by atoms with Crippen LogP contribution >= 0.6 is 0 Å². The van der Waals surface area contributed by atoms with E-state index in [0.717, 1.165) is 44.8 Å². The molecule has 0 aromatic heterocycles. The van der Waals surface area contributed by atoms with E-state index in [-0.39, 0.29) is 24.1 Å². The Hall–Kier alpha value is -6.58. The molecular formula is C46H54F2N8O6. The van der Waals surface area contributed by atoms with Crippen LogP contribution in [0, 0.1) is 0 Å². The number of carbonyl (C=O) groups excluding carboxylic acids is 2. The lowest BCUT2D eigenvalue weighted by Gasteiger charge is -2.36. The van der Waals surface area contributed by atoms with E-state index in [1.165, 1.54) is 10.0 Å². The van der Waals surface area contributed by atoms with Crippen molar-refractivity contribution in [1.82, 2.24) is 20.7 Å². The van der Waals surface area contributed by atoms with Crippen LogP contribution in [0.25, 0.3) is 0 Å². The van der Waals surface area contributed by atoms with Crippen LogP contribution in [0.15, 0.2) is 83.0 Å². The minimum absolute atomic E-state index is 0.156. The second-order valence-corrected chi connectivity index (χ2v) is 15.6. The lowest BCUT2D eigenvalue weighted by Crippen LogP contribution is -2.48. The molecule has 0 spiro atoms. The maximum atomic E-state index is 13.2. The van der Waals surface area contributed by atoms with Crippen molar-refractivity contribution in [1.29, 1.82) is 0 Å². The fourth-order valence-corrected chi connectivity index (χ4v) is 8.03. The number of amides is 4. The van der Waals surface area contributed by atoms with Gasteiger partial charge in [-0.05, 0) is 86.3 Å². The number of nitrogens with zero attached hydrogens (tertiary/aromatic N) is 6. The number of hydrogen-bond donors (Lipinski definition) is 2. The van der Waals surface area contributed by atoms with E-state index in [0.29, 0.717) is 73.4 Å². The van der Waals surface area contributed by atoms with Crippen LogP contribution in [0.2, 0.25) is 0 Å². The molecular weight excluding hydrogens is 799 g/mol. The third-order valence-electron chi connectivity index (χ3n) is 11.5. The van der Waals surface area contributed by atoms with Crippen molar-refractivity contribution in [3.63, 3.8) is 0 Å². The molecule has 328 valence electrons. The molecule has 14 nitrogen and oxygen atoms in total. The van der Waals surface area contributed by atoms with Gasteiger partial charge in [0.15, 0.2) is 23.0 Å². The third-order valence-corrected chi connectivity index (χ3v) is 11.5. The first kappa shape index (κ1) is 43.5. The molecule has 0 saturated carbocycles. The molecule has 2 fully saturated rings. The molecule has 0 radical (unpaired) electrons. The SMILES string of the molecule is CNC(=O)N1N=C(c2ccc(N3CC(F)C3)cc2)c2cc(OC)c(OC)cc2CC1C.CNC(=O)N1N=C(c2ccc(N3CC(F)C3)cc2)c2cc(OC)c(OC)cc2C[C@H]1C. The van der Waals surface area contributed by atoms with E-state index in [1.54, 1.807) is 42.5 Å². The minimum Gasteiger partial charge on any atom is -0.493 e. The standard InChI is InChI=1S/2C23H27FN4O3/c2*1-14-9-16-10-20(30-3)21(31-4)11-19(16)22(26-28(14)23(29)25-2)15-5-7-18(8-6-15)27-12-17(24)13-27/h2*5-8,10-11,14,17H,9,12-13H2,1-4H3,(H,25,29)/t14-;/m1./s1. The van der Waals surface area contributed by atoms with Gasteiger partial charge in [0, 0.05) is 47.7 Å². The molecule has 4 aliphatic heterocycles. The van der Waals surface area contributed by atoms with Gasteiger partial charge in [-0.3, -0.25) is 0 Å². The fraction of sp³-hybridized carbons (Fsp3) is 0.391. The highest BCUT2D eigenvalue weighted by Gasteiger charge is 2.32. The number of fused-ring (bicyclic) bond motifs is 2. The van der Waals surface area contributed by atoms with Crippen molar-refractivity contribution in [2.45, 2.75) is 51.1 Å². The zero-order chi connectivity index (χ0) is 44.2. The lowest BCUT2D eigenvalue weighted by molar-refractivity contribution is 0.184. The molecule has 4 heterocycles. The van der Waals surface area contributed by atoms with Crippen LogP contribution in [-0.2, 0) is 12.8 Å². The summed E-state index contributed by atoms with van der Waals surface area (Å²) < 4.78 is 48.5. The van der Waals surface area contributed by atoms with E-state index in [9.17, 15) is 18.4 Å². The Morgan fingerprint density at radius 3 is 1.18 bits per heavy atom. The summed E-state index contributed by atoms with van der Waals surface area (Å²) in [6.07, 6.45) is -0.301. The molecule has 2 N–H and O–H groups in total. The lowest BCUT2D eigenvalue weighted by atomic mass is 9.93. The Bertz CT molecular complexity index is 2170. The van der Waals surface area contributed by atoms with Gasteiger partial charge in [-0.2, -0.15) is 10.2 Å². The number of hydrazone groups is 2. The number of carbonyl (C=O) groups is 2. The summed E-state index contributed by atoms with van der Waals surface area (Å²) in [7, 11) is 9.58. The van der Waals surface area contributed by atoms with Crippen molar-refractivity contribution < 1.29 is 37.3 Å². The van der Waals surface area contributed by atoms with E-state index in [4.69, 9.17) is 29.2 Å². The molecule has 16 heteroatoms. The predicted octanol–water partition coefficient (Wildman–Crippen LogP) is 6.40. The van der Waals surface area contributed by atoms with Gasteiger partial charge < -0.3 is 39.4 Å². The zero-order valence-electron chi connectivity index (χ0n) is 36.4. The second-order valence-electron chi connectivity index (χ2n) is 15.6. The van der Waals surface area contributed by atoms with Gasteiger partial charge in [-0.15, -0.1) is 0 Å². The molecule has 2 saturated heterocycles. The molecule has 4 aromatic rings. The molecule has 4 aromatic carbocycles. The summed E-state index contributed by atoms with van der Waals surface area (Å²) in [5.41, 5.74) is 8.80. The highest BCUT2D eigenvalue weighted by molar-refractivity contribution is 6.15. The van der Waals surface area contributed by atoms with Crippen LogP contribution in [-0.4, -0.2) is 127 Å².